The lowest BCUT2D eigenvalue weighted by atomic mass is 9.84. The Morgan fingerprint density at radius 3 is 3.00 bits per heavy atom. The highest BCUT2D eigenvalue weighted by atomic mass is 32.1. The fourth-order valence-electron chi connectivity index (χ4n) is 2.84. The molecule has 1 aromatic rings. The predicted octanol–water partition coefficient (Wildman–Crippen LogP) is 2.70. The molecule has 0 radical (unpaired) electrons. The van der Waals surface area contributed by atoms with E-state index in [1.54, 1.807) is 11.3 Å². The summed E-state index contributed by atoms with van der Waals surface area (Å²) in [6.07, 6.45) is 7.31. The van der Waals surface area contributed by atoms with Gasteiger partial charge >= 0.3 is 0 Å². The van der Waals surface area contributed by atoms with Gasteiger partial charge in [-0.3, -0.25) is 4.79 Å². The van der Waals surface area contributed by atoms with Crippen LogP contribution in [0.1, 0.15) is 43.4 Å². The van der Waals surface area contributed by atoms with Gasteiger partial charge in [0.1, 0.15) is 0 Å². The van der Waals surface area contributed by atoms with E-state index >= 15 is 0 Å². The van der Waals surface area contributed by atoms with E-state index in [2.05, 4.69) is 22.8 Å². The Labute approximate surface area is 119 Å². The highest BCUT2D eigenvalue weighted by Gasteiger charge is 2.24. The number of hydrogen-bond donors (Lipinski definition) is 2. The first-order valence-corrected chi connectivity index (χ1v) is 8.19. The molecular weight excluding hydrogens is 256 g/mol. The molecular formula is C15H24N2OS. The molecule has 1 amide bonds. The quantitative estimate of drug-likeness (QED) is 0.842. The van der Waals surface area contributed by atoms with Crippen molar-refractivity contribution in [2.45, 2.75) is 51.0 Å². The molecule has 106 valence electrons. The summed E-state index contributed by atoms with van der Waals surface area (Å²) in [5.41, 5.74) is 5.78. The van der Waals surface area contributed by atoms with Gasteiger partial charge in [0.2, 0.25) is 5.91 Å². The van der Waals surface area contributed by atoms with Gasteiger partial charge in [0.25, 0.3) is 0 Å². The molecule has 1 aliphatic rings. The van der Waals surface area contributed by atoms with Gasteiger partial charge in [-0.05, 0) is 49.6 Å². The van der Waals surface area contributed by atoms with Crippen LogP contribution in [0.2, 0.25) is 0 Å². The maximum atomic E-state index is 12.0. The molecule has 1 aliphatic carbocycles. The van der Waals surface area contributed by atoms with Crippen molar-refractivity contribution in [1.29, 1.82) is 0 Å². The topological polar surface area (TPSA) is 55.1 Å². The molecule has 0 aromatic carbocycles. The highest BCUT2D eigenvalue weighted by Crippen LogP contribution is 2.23. The second-order valence-corrected chi connectivity index (χ2v) is 6.42. The van der Waals surface area contributed by atoms with E-state index in [-0.39, 0.29) is 5.91 Å². The van der Waals surface area contributed by atoms with Crippen LogP contribution in [-0.2, 0) is 11.2 Å². The van der Waals surface area contributed by atoms with Gasteiger partial charge in [-0.1, -0.05) is 18.9 Å². The first-order chi connectivity index (χ1) is 9.29. The van der Waals surface area contributed by atoms with Gasteiger partial charge in [-0.2, -0.15) is 0 Å². The lowest BCUT2D eigenvalue weighted by Gasteiger charge is -2.31. The lowest BCUT2D eigenvalue weighted by Crippen LogP contribution is -2.44. The molecule has 2 atom stereocenters. The number of hydrogen-bond acceptors (Lipinski definition) is 3. The number of amides is 1. The van der Waals surface area contributed by atoms with Crippen molar-refractivity contribution in [2.75, 3.05) is 6.54 Å². The average Bonchev–Trinajstić information content (AvgIpc) is 2.92. The number of aryl methyl sites for hydroxylation is 1. The van der Waals surface area contributed by atoms with Crippen LogP contribution in [0.3, 0.4) is 0 Å². The maximum absolute atomic E-state index is 12.0. The minimum atomic E-state index is 0.196. The maximum Gasteiger partial charge on any atom is 0.220 e. The Morgan fingerprint density at radius 1 is 1.42 bits per heavy atom. The van der Waals surface area contributed by atoms with Crippen molar-refractivity contribution < 1.29 is 4.79 Å². The summed E-state index contributed by atoms with van der Waals surface area (Å²) in [6.45, 7) is 0.695. The summed E-state index contributed by atoms with van der Waals surface area (Å²) in [4.78, 5) is 13.3. The Morgan fingerprint density at radius 2 is 2.26 bits per heavy atom. The summed E-state index contributed by atoms with van der Waals surface area (Å²) in [7, 11) is 0. The van der Waals surface area contributed by atoms with Gasteiger partial charge in [0.05, 0.1) is 0 Å². The van der Waals surface area contributed by atoms with Crippen LogP contribution in [0, 0.1) is 5.92 Å². The zero-order valence-electron chi connectivity index (χ0n) is 11.4. The van der Waals surface area contributed by atoms with Crippen LogP contribution in [0.25, 0.3) is 0 Å². The van der Waals surface area contributed by atoms with Crippen molar-refractivity contribution in [2.24, 2.45) is 11.7 Å². The Kier molecular flexibility index (Phi) is 5.86. The van der Waals surface area contributed by atoms with E-state index in [4.69, 9.17) is 5.73 Å². The number of nitrogens with two attached hydrogens (primary N) is 1. The molecule has 3 nitrogen and oxygen atoms in total. The molecule has 1 aromatic heterocycles. The Balaban J connectivity index is 1.68. The van der Waals surface area contributed by atoms with Crippen LogP contribution in [0.5, 0.6) is 0 Å². The molecule has 19 heavy (non-hydrogen) atoms. The van der Waals surface area contributed by atoms with Gasteiger partial charge in [0.15, 0.2) is 0 Å². The van der Waals surface area contributed by atoms with Crippen molar-refractivity contribution in [3.05, 3.63) is 22.4 Å². The number of rotatable bonds is 6. The van der Waals surface area contributed by atoms with Crippen LogP contribution in [0.15, 0.2) is 17.5 Å². The van der Waals surface area contributed by atoms with Crippen LogP contribution in [-0.4, -0.2) is 18.5 Å². The molecule has 4 heteroatoms. The van der Waals surface area contributed by atoms with Crippen LogP contribution in [0.4, 0.5) is 0 Å². The van der Waals surface area contributed by atoms with Crippen molar-refractivity contribution in [3.8, 4) is 0 Å². The van der Waals surface area contributed by atoms with Crippen LogP contribution < -0.4 is 11.1 Å². The summed E-state index contributed by atoms with van der Waals surface area (Å²) >= 11 is 1.77. The largest absolute Gasteiger partial charge is 0.353 e. The number of carbonyl (C=O) groups is 1. The summed E-state index contributed by atoms with van der Waals surface area (Å²) in [6, 6.07) is 4.51. The fourth-order valence-corrected chi connectivity index (χ4v) is 3.59. The molecule has 1 heterocycles. The second kappa shape index (κ2) is 7.65. The Bertz CT molecular complexity index is 378. The number of carbonyl (C=O) groups excluding carboxylic acids is 1. The molecule has 0 bridgehead atoms. The number of thiophene rings is 1. The highest BCUT2D eigenvalue weighted by molar-refractivity contribution is 7.09. The number of nitrogens with one attached hydrogen (secondary N) is 1. The molecule has 2 rings (SSSR count). The van der Waals surface area contributed by atoms with Crippen molar-refractivity contribution in [1.82, 2.24) is 5.32 Å². The van der Waals surface area contributed by atoms with E-state index in [9.17, 15) is 4.79 Å². The van der Waals surface area contributed by atoms with Crippen LogP contribution >= 0.6 is 11.3 Å². The zero-order valence-corrected chi connectivity index (χ0v) is 12.3. The minimum Gasteiger partial charge on any atom is -0.353 e. The van der Waals surface area contributed by atoms with Gasteiger partial charge in [-0.15, -0.1) is 11.3 Å². The van der Waals surface area contributed by atoms with E-state index < -0.39 is 0 Å². The van der Waals surface area contributed by atoms with E-state index in [1.165, 1.54) is 17.7 Å². The van der Waals surface area contributed by atoms with E-state index in [0.717, 1.165) is 25.7 Å². The van der Waals surface area contributed by atoms with Gasteiger partial charge < -0.3 is 11.1 Å². The third kappa shape index (κ3) is 4.62. The minimum absolute atomic E-state index is 0.196. The van der Waals surface area contributed by atoms with E-state index in [1.807, 2.05) is 0 Å². The molecule has 0 spiro atoms. The van der Waals surface area contributed by atoms with Gasteiger partial charge in [-0.25, -0.2) is 0 Å². The fraction of sp³-hybridized carbons (Fsp3) is 0.667. The van der Waals surface area contributed by atoms with Crippen molar-refractivity contribution >= 4 is 17.2 Å². The molecule has 2 unspecified atom stereocenters. The summed E-state index contributed by atoms with van der Waals surface area (Å²) < 4.78 is 0. The second-order valence-electron chi connectivity index (χ2n) is 5.39. The van der Waals surface area contributed by atoms with E-state index in [0.29, 0.717) is 24.9 Å². The Hall–Kier alpha value is -0.870. The first-order valence-electron chi connectivity index (χ1n) is 7.31. The van der Waals surface area contributed by atoms with Crippen molar-refractivity contribution in [3.63, 3.8) is 0 Å². The summed E-state index contributed by atoms with van der Waals surface area (Å²) in [5.74, 6) is 0.678. The first kappa shape index (κ1) is 14.5. The third-order valence-corrected chi connectivity index (χ3v) is 4.90. The molecule has 1 fully saturated rings. The summed E-state index contributed by atoms with van der Waals surface area (Å²) in [5, 5.41) is 5.27. The molecule has 1 saturated carbocycles. The zero-order chi connectivity index (χ0) is 13.5. The predicted molar refractivity (Wildman–Crippen MR) is 80.2 cm³/mol. The molecule has 0 aliphatic heterocycles. The molecule has 3 N–H and O–H groups in total. The standard InChI is InChI=1S/C15H24N2OS/c16-11-12-5-1-2-8-14(12)17-15(18)9-3-6-13-7-4-10-19-13/h4,7,10,12,14H,1-3,5-6,8-9,11,16H2,(H,17,18). The average molecular weight is 280 g/mol. The lowest BCUT2D eigenvalue weighted by molar-refractivity contribution is -0.122. The van der Waals surface area contributed by atoms with Gasteiger partial charge in [0, 0.05) is 17.3 Å². The normalized spacial score (nSPS) is 23.2. The third-order valence-electron chi connectivity index (χ3n) is 3.97. The SMILES string of the molecule is NCC1CCCCC1NC(=O)CCCc1cccs1. The monoisotopic (exact) mass is 280 g/mol. The molecule has 0 saturated heterocycles. The smallest absolute Gasteiger partial charge is 0.220 e.